The fraction of sp³-hybridized carbons (Fsp3) is 0.250. The van der Waals surface area contributed by atoms with Crippen LogP contribution in [0.4, 0.5) is 5.69 Å². The van der Waals surface area contributed by atoms with E-state index >= 15 is 0 Å². The summed E-state index contributed by atoms with van der Waals surface area (Å²) >= 11 is 0. The Morgan fingerprint density at radius 3 is 2.26 bits per heavy atom. The molecule has 0 fully saturated rings. The number of para-hydroxylation sites is 1. The third-order valence-electron chi connectivity index (χ3n) is 3.80. The predicted octanol–water partition coefficient (Wildman–Crippen LogP) is 2.27. The Kier molecular flexibility index (Phi) is 6.54. The van der Waals surface area contributed by atoms with Gasteiger partial charge in [-0.1, -0.05) is 29.8 Å². The van der Waals surface area contributed by atoms with Gasteiger partial charge in [-0.25, -0.2) is 4.79 Å². The normalized spacial score (nSPS) is 10.2. The summed E-state index contributed by atoms with van der Waals surface area (Å²) < 4.78 is 10.2. The number of hydrogen-bond acceptors (Lipinski definition) is 5. The minimum absolute atomic E-state index is 0.161. The van der Waals surface area contributed by atoms with Crippen molar-refractivity contribution in [2.24, 2.45) is 5.73 Å². The molecule has 0 aliphatic heterocycles. The van der Waals surface area contributed by atoms with Gasteiger partial charge in [0.05, 0.1) is 5.56 Å². The molecule has 2 amide bonds. The summed E-state index contributed by atoms with van der Waals surface area (Å²) in [6.45, 7) is 4.88. The Labute approximate surface area is 157 Å². The standard InChI is InChI=1S/C20H22N2O5/c1-12-8-13(2)19(14(3)9-12)22-17(23)10-27-18(24)11-26-16-7-5-4-6-15(16)20(21)25/h4-9H,10-11H2,1-3H3,(H2,21,25)(H,22,23). The molecule has 0 spiro atoms. The molecule has 2 aromatic rings. The number of primary amides is 1. The van der Waals surface area contributed by atoms with Gasteiger partial charge < -0.3 is 20.5 Å². The average molecular weight is 370 g/mol. The summed E-state index contributed by atoms with van der Waals surface area (Å²) in [6, 6.07) is 10.2. The van der Waals surface area contributed by atoms with Gasteiger partial charge in [-0.15, -0.1) is 0 Å². The molecule has 7 heteroatoms. The summed E-state index contributed by atoms with van der Waals surface area (Å²) in [5.41, 5.74) is 9.06. The molecule has 0 saturated carbocycles. The number of hydrogen-bond donors (Lipinski definition) is 2. The van der Waals surface area contributed by atoms with Crippen LogP contribution in [0.1, 0.15) is 27.0 Å². The zero-order chi connectivity index (χ0) is 20.0. The molecule has 142 valence electrons. The van der Waals surface area contributed by atoms with Crippen molar-refractivity contribution in [1.29, 1.82) is 0 Å². The Hall–Kier alpha value is -3.35. The maximum absolute atomic E-state index is 12.0. The Morgan fingerprint density at radius 1 is 1.00 bits per heavy atom. The highest BCUT2D eigenvalue weighted by atomic mass is 16.6. The van der Waals surface area contributed by atoms with Crippen LogP contribution in [0.5, 0.6) is 5.75 Å². The molecule has 0 bridgehead atoms. The number of benzene rings is 2. The van der Waals surface area contributed by atoms with Gasteiger partial charge in [-0.05, 0) is 44.0 Å². The van der Waals surface area contributed by atoms with E-state index < -0.39 is 31.0 Å². The van der Waals surface area contributed by atoms with Gasteiger partial charge in [0.15, 0.2) is 13.2 Å². The molecule has 2 rings (SSSR count). The van der Waals surface area contributed by atoms with Gasteiger partial charge in [0.2, 0.25) is 0 Å². The lowest BCUT2D eigenvalue weighted by molar-refractivity contribution is -0.149. The lowest BCUT2D eigenvalue weighted by Crippen LogP contribution is -2.24. The summed E-state index contributed by atoms with van der Waals surface area (Å²) in [5, 5.41) is 2.74. The van der Waals surface area contributed by atoms with Crippen LogP contribution in [0.25, 0.3) is 0 Å². The van der Waals surface area contributed by atoms with Crippen LogP contribution in [0.15, 0.2) is 36.4 Å². The first-order valence-corrected chi connectivity index (χ1v) is 8.33. The van der Waals surface area contributed by atoms with E-state index in [0.717, 1.165) is 16.7 Å². The third-order valence-corrected chi connectivity index (χ3v) is 3.80. The van der Waals surface area contributed by atoms with Gasteiger partial charge in [0.25, 0.3) is 11.8 Å². The Bertz CT molecular complexity index is 853. The van der Waals surface area contributed by atoms with Crippen LogP contribution in [0, 0.1) is 20.8 Å². The van der Waals surface area contributed by atoms with Crippen LogP contribution >= 0.6 is 0 Å². The molecule has 0 saturated heterocycles. The highest BCUT2D eigenvalue weighted by molar-refractivity contribution is 5.96. The van der Waals surface area contributed by atoms with Gasteiger partial charge in [0, 0.05) is 5.69 Å². The molecule has 2 aromatic carbocycles. The number of rotatable bonds is 7. The zero-order valence-electron chi connectivity index (χ0n) is 15.5. The van der Waals surface area contributed by atoms with Crippen LogP contribution < -0.4 is 15.8 Å². The molecule has 0 heterocycles. The molecule has 0 aromatic heterocycles. The van der Waals surface area contributed by atoms with Crippen molar-refractivity contribution < 1.29 is 23.9 Å². The minimum Gasteiger partial charge on any atom is -0.481 e. The van der Waals surface area contributed by atoms with Crippen molar-refractivity contribution >= 4 is 23.5 Å². The first-order chi connectivity index (χ1) is 12.8. The third kappa shape index (κ3) is 5.57. The van der Waals surface area contributed by atoms with E-state index in [1.54, 1.807) is 12.1 Å². The minimum atomic E-state index is -0.734. The molecular weight excluding hydrogens is 348 g/mol. The Balaban J connectivity index is 1.86. The number of aryl methyl sites for hydroxylation is 3. The van der Waals surface area contributed by atoms with Crippen molar-refractivity contribution in [3.63, 3.8) is 0 Å². The molecular formula is C20H22N2O5. The second-order valence-electron chi connectivity index (χ2n) is 6.13. The summed E-state index contributed by atoms with van der Waals surface area (Å²) in [7, 11) is 0. The topological polar surface area (TPSA) is 108 Å². The molecule has 0 aliphatic carbocycles. The molecule has 3 N–H and O–H groups in total. The predicted molar refractivity (Wildman–Crippen MR) is 101 cm³/mol. The van der Waals surface area contributed by atoms with Gasteiger partial charge in [-0.3, -0.25) is 9.59 Å². The number of anilines is 1. The maximum atomic E-state index is 12.0. The van der Waals surface area contributed by atoms with Crippen LogP contribution in [0.2, 0.25) is 0 Å². The Morgan fingerprint density at radius 2 is 1.63 bits per heavy atom. The van der Waals surface area contributed by atoms with E-state index in [2.05, 4.69) is 5.32 Å². The van der Waals surface area contributed by atoms with E-state index in [1.807, 2.05) is 32.9 Å². The average Bonchev–Trinajstić information content (AvgIpc) is 2.61. The van der Waals surface area contributed by atoms with E-state index in [1.165, 1.54) is 12.1 Å². The van der Waals surface area contributed by atoms with Crippen LogP contribution in [-0.4, -0.2) is 31.0 Å². The number of nitrogens with one attached hydrogen (secondary N) is 1. The highest BCUT2D eigenvalue weighted by Gasteiger charge is 2.13. The lowest BCUT2D eigenvalue weighted by Gasteiger charge is -2.13. The highest BCUT2D eigenvalue weighted by Crippen LogP contribution is 2.21. The van der Waals surface area contributed by atoms with E-state index in [-0.39, 0.29) is 11.3 Å². The number of nitrogens with two attached hydrogens (primary N) is 1. The van der Waals surface area contributed by atoms with E-state index in [0.29, 0.717) is 5.69 Å². The number of esters is 1. The number of ether oxygens (including phenoxy) is 2. The second kappa shape index (κ2) is 8.84. The van der Waals surface area contributed by atoms with Crippen molar-refractivity contribution in [2.75, 3.05) is 18.5 Å². The van der Waals surface area contributed by atoms with Crippen molar-refractivity contribution in [1.82, 2.24) is 0 Å². The summed E-state index contributed by atoms with van der Waals surface area (Å²) in [6.07, 6.45) is 0. The van der Waals surface area contributed by atoms with Gasteiger partial charge >= 0.3 is 5.97 Å². The fourth-order valence-electron chi connectivity index (χ4n) is 2.67. The molecule has 0 atom stereocenters. The number of carbonyl (C=O) groups is 3. The first-order valence-electron chi connectivity index (χ1n) is 8.33. The largest absolute Gasteiger partial charge is 0.481 e. The summed E-state index contributed by atoms with van der Waals surface area (Å²) in [4.78, 5) is 35.1. The number of amides is 2. The molecule has 27 heavy (non-hydrogen) atoms. The van der Waals surface area contributed by atoms with Crippen molar-refractivity contribution in [2.45, 2.75) is 20.8 Å². The second-order valence-corrected chi connectivity index (χ2v) is 6.13. The monoisotopic (exact) mass is 370 g/mol. The lowest BCUT2D eigenvalue weighted by atomic mass is 10.1. The summed E-state index contributed by atoms with van der Waals surface area (Å²) in [5.74, 6) is -1.67. The smallest absolute Gasteiger partial charge is 0.344 e. The molecule has 0 unspecified atom stereocenters. The maximum Gasteiger partial charge on any atom is 0.344 e. The zero-order valence-corrected chi connectivity index (χ0v) is 15.5. The van der Waals surface area contributed by atoms with Crippen molar-refractivity contribution in [3.8, 4) is 5.75 Å². The van der Waals surface area contributed by atoms with E-state index in [9.17, 15) is 14.4 Å². The van der Waals surface area contributed by atoms with E-state index in [4.69, 9.17) is 15.2 Å². The van der Waals surface area contributed by atoms with Gasteiger partial charge in [-0.2, -0.15) is 0 Å². The number of carbonyl (C=O) groups excluding carboxylic acids is 3. The van der Waals surface area contributed by atoms with Gasteiger partial charge in [0.1, 0.15) is 5.75 Å². The van der Waals surface area contributed by atoms with Crippen LogP contribution in [-0.2, 0) is 14.3 Å². The molecule has 0 aliphatic rings. The SMILES string of the molecule is Cc1cc(C)c(NC(=O)COC(=O)COc2ccccc2C(N)=O)c(C)c1. The quantitative estimate of drug-likeness (QED) is 0.727. The van der Waals surface area contributed by atoms with Crippen molar-refractivity contribution in [3.05, 3.63) is 58.7 Å². The van der Waals surface area contributed by atoms with Crippen LogP contribution in [0.3, 0.4) is 0 Å². The molecule has 7 nitrogen and oxygen atoms in total. The fourth-order valence-corrected chi connectivity index (χ4v) is 2.67. The first kappa shape index (κ1) is 20.0. The molecule has 0 radical (unpaired) electrons.